The van der Waals surface area contributed by atoms with Crippen molar-refractivity contribution in [2.75, 3.05) is 0 Å². The number of carbonyl (C=O) groups is 3. The summed E-state index contributed by atoms with van der Waals surface area (Å²) in [4.78, 5) is 35.3. The number of carbonyl (C=O) groups excluding carboxylic acids is 3. The summed E-state index contributed by atoms with van der Waals surface area (Å²) in [6, 6.07) is 10.5. The first-order chi connectivity index (χ1) is 14.5. The van der Waals surface area contributed by atoms with E-state index in [4.69, 9.17) is 18.9 Å². The highest BCUT2D eigenvalue weighted by atomic mass is 16.6. The predicted molar refractivity (Wildman–Crippen MR) is 114 cm³/mol. The summed E-state index contributed by atoms with van der Waals surface area (Å²) in [5.74, 6) is -0.663. The molecule has 0 aliphatic heterocycles. The van der Waals surface area contributed by atoms with Crippen LogP contribution >= 0.6 is 0 Å². The van der Waals surface area contributed by atoms with Gasteiger partial charge < -0.3 is 18.9 Å². The van der Waals surface area contributed by atoms with Gasteiger partial charge in [-0.1, -0.05) is 19.7 Å². The van der Waals surface area contributed by atoms with Crippen molar-refractivity contribution in [3.05, 3.63) is 78.9 Å². The minimum absolute atomic E-state index is 0.0991. The number of esters is 3. The molecule has 0 aliphatic carbocycles. The fourth-order valence-corrected chi connectivity index (χ4v) is 2.02. The van der Waals surface area contributed by atoms with Crippen LogP contribution in [-0.4, -0.2) is 17.9 Å². The van der Waals surface area contributed by atoms with Crippen LogP contribution in [0.1, 0.15) is 20.8 Å². The Labute approximate surface area is 180 Å². The van der Waals surface area contributed by atoms with Crippen molar-refractivity contribution >= 4 is 17.9 Å². The maximum absolute atomic E-state index is 11.9. The van der Waals surface area contributed by atoms with E-state index >= 15 is 0 Å². The van der Waals surface area contributed by atoms with E-state index in [0.717, 1.165) is 0 Å². The normalized spacial score (nSPS) is 9.90. The highest BCUT2D eigenvalue weighted by Gasteiger charge is 2.13. The van der Waals surface area contributed by atoms with Gasteiger partial charge in [0.1, 0.15) is 28.7 Å². The molecule has 0 spiro atoms. The van der Waals surface area contributed by atoms with E-state index in [1.54, 1.807) is 31.2 Å². The second-order valence-electron chi connectivity index (χ2n) is 6.72. The molecule has 0 N–H and O–H groups in total. The Kier molecular flexibility index (Phi) is 7.52. The van der Waals surface area contributed by atoms with Crippen LogP contribution in [0.25, 0.3) is 0 Å². The van der Waals surface area contributed by atoms with Crippen LogP contribution in [0.2, 0.25) is 0 Å². The molecule has 2 rings (SSSR count). The zero-order valence-corrected chi connectivity index (χ0v) is 17.5. The van der Waals surface area contributed by atoms with Gasteiger partial charge in [-0.15, -0.1) is 0 Å². The van der Waals surface area contributed by atoms with Crippen LogP contribution in [0, 0.1) is 0 Å². The minimum Gasteiger partial charge on any atom is -0.457 e. The van der Waals surface area contributed by atoms with Crippen molar-refractivity contribution in [2.24, 2.45) is 0 Å². The molecule has 0 radical (unpaired) electrons. The Bertz CT molecular complexity index is 1020. The van der Waals surface area contributed by atoms with E-state index in [1.165, 1.54) is 32.0 Å². The average molecular weight is 422 g/mol. The molecule has 31 heavy (non-hydrogen) atoms. The molecular weight excluding hydrogens is 400 g/mol. The summed E-state index contributed by atoms with van der Waals surface area (Å²) in [7, 11) is 0. The number of rotatable bonds is 8. The Hall–Kier alpha value is -4.13. The van der Waals surface area contributed by atoms with Crippen molar-refractivity contribution in [1.29, 1.82) is 0 Å². The average Bonchev–Trinajstić information content (AvgIpc) is 2.69. The van der Waals surface area contributed by atoms with E-state index < -0.39 is 17.9 Å². The van der Waals surface area contributed by atoms with Crippen molar-refractivity contribution in [3.63, 3.8) is 0 Å². The molecule has 0 atom stereocenters. The molecule has 0 aromatic heterocycles. The smallest absolute Gasteiger partial charge is 0.338 e. The van der Waals surface area contributed by atoms with Crippen LogP contribution in [-0.2, 0) is 14.4 Å². The van der Waals surface area contributed by atoms with E-state index in [9.17, 15) is 14.4 Å². The number of ether oxygens (including phenoxy) is 4. The lowest BCUT2D eigenvalue weighted by Crippen LogP contribution is -2.10. The zero-order chi connectivity index (χ0) is 23.1. The Morgan fingerprint density at radius 3 is 1.26 bits per heavy atom. The van der Waals surface area contributed by atoms with Crippen molar-refractivity contribution in [3.8, 4) is 28.7 Å². The van der Waals surface area contributed by atoms with Gasteiger partial charge in [0.25, 0.3) is 0 Å². The molecule has 0 unspecified atom stereocenters. The fraction of sp³-hybridized carbons (Fsp3) is 0.125. The third-order valence-corrected chi connectivity index (χ3v) is 3.59. The van der Waals surface area contributed by atoms with Gasteiger partial charge in [0.05, 0.1) is 0 Å². The molecule has 2 aromatic carbocycles. The third kappa shape index (κ3) is 7.01. The highest BCUT2D eigenvalue weighted by molar-refractivity contribution is 5.90. The minimum atomic E-state index is -0.641. The molecule has 0 aliphatic rings. The number of hydrogen-bond donors (Lipinski definition) is 0. The van der Waals surface area contributed by atoms with Crippen molar-refractivity contribution in [1.82, 2.24) is 0 Å². The van der Waals surface area contributed by atoms with Gasteiger partial charge in [-0.05, 0) is 45.0 Å². The van der Waals surface area contributed by atoms with Gasteiger partial charge in [0.2, 0.25) is 0 Å². The molecular formula is C24H22O7. The summed E-state index contributed by atoms with van der Waals surface area (Å²) in [5, 5.41) is 0. The van der Waals surface area contributed by atoms with Gasteiger partial charge in [-0.3, -0.25) is 0 Å². The molecule has 0 amide bonds. The molecule has 0 heterocycles. The van der Waals surface area contributed by atoms with Crippen molar-refractivity contribution in [2.45, 2.75) is 20.8 Å². The van der Waals surface area contributed by atoms with E-state index in [0.29, 0.717) is 11.5 Å². The van der Waals surface area contributed by atoms with Crippen LogP contribution in [0.5, 0.6) is 28.7 Å². The molecule has 2 aromatic rings. The highest BCUT2D eigenvalue weighted by Crippen LogP contribution is 2.32. The summed E-state index contributed by atoms with van der Waals surface area (Å²) in [6.07, 6.45) is 0. The van der Waals surface area contributed by atoms with Crippen LogP contribution in [0.4, 0.5) is 0 Å². The van der Waals surface area contributed by atoms with Gasteiger partial charge in [-0.2, -0.15) is 0 Å². The van der Waals surface area contributed by atoms with Gasteiger partial charge >= 0.3 is 17.9 Å². The molecule has 7 heteroatoms. The summed E-state index contributed by atoms with van der Waals surface area (Å²) in [6.45, 7) is 15.1. The molecule has 0 fully saturated rings. The first kappa shape index (κ1) is 23.2. The zero-order valence-electron chi connectivity index (χ0n) is 17.5. The molecule has 0 saturated heterocycles. The maximum Gasteiger partial charge on any atom is 0.338 e. The predicted octanol–water partition coefficient (Wildman–Crippen LogP) is 4.92. The standard InChI is InChI=1S/C24H22O7/c1-14(2)22(25)29-18-9-7-17(8-10-18)28-19-11-20(30-23(26)15(3)4)13-21(12-19)31-24(27)16(5)6/h7-13H,1,3,5H2,2,4,6H3. The lowest BCUT2D eigenvalue weighted by atomic mass is 10.2. The summed E-state index contributed by atoms with van der Waals surface area (Å²) < 4.78 is 21.3. The van der Waals surface area contributed by atoms with Gasteiger partial charge in [0, 0.05) is 34.9 Å². The molecule has 0 bridgehead atoms. The largest absolute Gasteiger partial charge is 0.457 e. The van der Waals surface area contributed by atoms with E-state index in [-0.39, 0.29) is 34.0 Å². The van der Waals surface area contributed by atoms with E-state index in [1.807, 2.05) is 0 Å². The third-order valence-electron chi connectivity index (χ3n) is 3.59. The Morgan fingerprint density at radius 2 is 0.871 bits per heavy atom. The Balaban J connectivity index is 2.26. The van der Waals surface area contributed by atoms with Crippen molar-refractivity contribution < 1.29 is 33.3 Å². The Morgan fingerprint density at radius 1 is 0.548 bits per heavy atom. The van der Waals surface area contributed by atoms with Gasteiger partial charge in [-0.25, -0.2) is 14.4 Å². The number of hydrogen-bond acceptors (Lipinski definition) is 7. The quantitative estimate of drug-likeness (QED) is 0.339. The number of benzene rings is 2. The second-order valence-corrected chi connectivity index (χ2v) is 6.72. The van der Waals surface area contributed by atoms with Crippen LogP contribution < -0.4 is 18.9 Å². The lowest BCUT2D eigenvalue weighted by Gasteiger charge is -2.12. The maximum atomic E-state index is 11.9. The van der Waals surface area contributed by atoms with Crippen LogP contribution in [0.3, 0.4) is 0 Å². The fourth-order valence-electron chi connectivity index (χ4n) is 2.02. The SMILES string of the molecule is C=C(C)C(=O)Oc1ccc(Oc2cc(OC(=O)C(=C)C)cc(OC(=O)C(=C)C)c2)cc1. The monoisotopic (exact) mass is 422 g/mol. The lowest BCUT2D eigenvalue weighted by molar-refractivity contribution is -0.131. The van der Waals surface area contributed by atoms with E-state index in [2.05, 4.69) is 19.7 Å². The molecule has 160 valence electrons. The second kappa shape index (κ2) is 10.1. The molecule has 7 nitrogen and oxygen atoms in total. The van der Waals surface area contributed by atoms with Crippen LogP contribution in [0.15, 0.2) is 78.9 Å². The topological polar surface area (TPSA) is 88.1 Å². The molecule has 0 saturated carbocycles. The first-order valence-electron chi connectivity index (χ1n) is 9.11. The first-order valence-corrected chi connectivity index (χ1v) is 9.11. The summed E-state index contributed by atoms with van der Waals surface area (Å²) >= 11 is 0. The summed E-state index contributed by atoms with van der Waals surface area (Å²) in [5.41, 5.74) is 0.677. The van der Waals surface area contributed by atoms with Gasteiger partial charge in [0.15, 0.2) is 0 Å².